The molecule has 0 radical (unpaired) electrons. The van der Waals surface area contributed by atoms with Crippen LogP contribution in [0, 0.1) is 10.1 Å². The van der Waals surface area contributed by atoms with Crippen molar-refractivity contribution >= 4 is 15.7 Å². The highest BCUT2D eigenvalue weighted by Gasteiger charge is 2.31. The van der Waals surface area contributed by atoms with E-state index in [1.807, 2.05) is 0 Å². The Morgan fingerprint density at radius 3 is 2.48 bits per heavy atom. The number of nitrogens with zero attached hydrogens (tertiary/aromatic N) is 1. The lowest BCUT2D eigenvalue weighted by Crippen LogP contribution is -2.33. The molecular weight excluding hydrogens is 317 g/mol. The maximum atomic E-state index is 12.0. The van der Waals surface area contributed by atoms with Crippen LogP contribution >= 0.6 is 0 Å². The van der Waals surface area contributed by atoms with Gasteiger partial charge < -0.3 is 4.74 Å². The number of nitrogens with one attached hydrogen (secondary N) is 1. The van der Waals surface area contributed by atoms with E-state index >= 15 is 0 Å². The average Bonchev–Trinajstić information content (AvgIpc) is 2.36. The summed E-state index contributed by atoms with van der Waals surface area (Å²) in [6.07, 6.45) is -4.73. The molecule has 21 heavy (non-hydrogen) atoms. The molecule has 0 bridgehead atoms. The van der Waals surface area contributed by atoms with Gasteiger partial charge in [-0.05, 0) is 19.1 Å². The van der Waals surface area contributed by atoms with E-state index in [9.17, 15) is 31.7 Å². The number of hydrogen-bond acceptors (Lipinski definition) is 5. The van der Waals surface area contributed by atoms with Crippen molar-refractivity contribution in [1.29, 1.82) is 0 Å². The van der Waals surface area contributed by atoms with Crippen molar-refractivity contribution in [3.63, 3.8) is 0 Å². The lowest BCUT2D eigenvalue weighted by atomic mass is 10.3. The molecule has 0 heterocycles. The van der Waals surface area contributed by atoms with Crippen LogP contribution in [-0.4, -0.2) is 32.7 Å². The van der Waals surface area contributed by atoms with Crippen molar-refractivity contribution in [3.05, 3.63) is 28.3 Å². The van der Waals surface area contributed by atoms with Crippen molar-refractivity contribution < 1.29 is 31.2 Å². The van der Waals surface area contributed by atoms with Gasteiger partial charge in [-0.3, -0.25) is 10.1 Å². The lowest BCUT2D eigenvalue weighted by molar-refractivity contribution is -0.386. The Balaban J connectivity index is 3.13. The maximum absolute atomic E-state index is 12.0. The van der Waals surface area contributed by atoms with Crippen LogP contribution in [0.5, 0.6) is 5.75 Å². The summed E-state index contributed by atoms with van der Waals surface area (Å²) in [5.74, 6) is -0.169. The Bertz CT molecular complexity index is 630. The molecule has 0 amide bonds. The first-order valence-electron chi connectivity index (χ1n) is 5.54. The maximum Gasteiger partial charge on any atom is 0.402 e. The summed E-state index contributed by atoms with van der Waals surface area (Å²) in [6, 6.07) is 2.59. The summed E-state index contributed by atoms with van der Waals surface area (Å²) in [5, 5.41) is 10.8. The van der Waals surface area contributed by atoms with Gasteiger partial charge in [0.25, 0.3) is 0 Å². The second kappa shape index (κ2) is 6.26. The molecule has 1 aromatic carbocycles. The van der Waals surface area contributed by atoms with Gasteiger partial charge >= 0.3 is 11.9 Å². The van der Waals surface area contributed by atoms with E-state index in [2.05, 4.69) is 0 Å². The molecule has 0 atom stereocenters. The number of rotatable bonds is 6. The van der Waals surface area contributed by atoms with Crippen molar-refractivity contribution in [1.82, 2.24) is 4.72 Å². The second-order valence-corrected chi connectivity index (χ2v) is 5.53. The fraction of sp³-hybridized carbons (Fsp3) is 0.400. The van der Waals surface area contributed by atoms with E-state index in [0.717, 1.165) is 12.1 Å². The molecule has 0 unspecified atom stereocenters. The van der Waals surface area contributed by atoms with Crippen LogP contribution < -0.4 is 9.46 Å². The van der Waals surface area contributed by atoms with Crippen molar-refractivity contribution in [2.24, 2.45) is 0 Å². The molecule has 1 rings (SSSR count). The number of alkyl halides is 3. The third-order valence-electron chi connectivity index (χ3n) is 2.20. The number of ether oxygens (including phenoxy) is 1. The van der Waals surface area contributed by atoms with Gasteiger partial charge in [0.2, 0.25) is 10.0 Å². The molecular formula is C10H11F3N2O5S. The fourth-order valence-corrected chi connectivity index (χ4v) is 2.38. The number of nitro benzene ring substituents is 1. The lowest BCUT2D eigenvalue weighted by Gasteiger charge is -2.10. The van der Waals surface area contributed by atoms with E-state index in [1.54, 1.807) is 6.92 Å². The Labute approximate surface area is 117 Å². The molecule has 0 aliphatic heterocycles. The first-order valence-corrected chi connectivity index (χ1v) is 7.03. The minimum absolute atomic E-state index is 0.110. The first-order chi connectivity index (χ1) is 9.57. The van der Waals surface area contributed by atoms with E-state index in [-0.39, 0.29) is 12.4 Å². The molecule has 0 saturated heterocycles. The van der Waals surface area contributed by atoms with Crippen LogP contribution in [0.4, 0.5) is 18.9 Å². The summed E-state index contributed by atoms with van der Waals surface area (Å²) in [5.41, 5.74) is -0.647. The predicted octanol–water partition coefficient (Wildman–Crippen LogP) is 1.83. The molecule has 0 saturated carbocycles. The summed E-state index contributed by atoms with van der Waals surface area (Å²) >= 11 is 0. The second-order valence-electron chi connectivity index (χ2n) is 3.76. The third-order valence-corrected chi connectivity index (χ3v) is 3.60. The van der Waals surface area contributed by atoms with Gasteiger partial charge in [0, 0.05) is 6.07 Å². The molecule has 0 aliphatic rings. The Morgan fingerprint density at radius 1 is 1.38 bits per heavy atom. The highest BCUT2D eigenvalue weighted by Crippen LogP contribution is 2.29. The highest BCUT2D eigenvalue weighted by atomic mass is 32.2. The van der Waals surface area contributed by atoms with Crippen LogP contribution in [-0.2, 0) is 10.0 Å². The summed E-state index contributed by atoms with van der Waals surface area (Å²) in [7, 11) is -4.51. The van der Waals surface area contributed by atoms with Crippen molar-refractivity contribution in [2.45, 2.75) is 18.0 Å². The molecule has 1 N–H and O–H groups in total. The predicted molar refractivity (Wildman–Crippen MR) is 65.5 cm³/mol. The Morgan fingerprint density at radius 2 is 2.00 bits per heavy atom. The third kappa shape index (κ3) is 4.86. The molecule has 7 nitrogen and oxygen atoms in total. The normalized spacial score (nSPS) is 12.2. The average molecular weight is 328 g/mol. The van der Waals surface area contributed by atoms with Gasteiger partial charge in [0.05, 0.1) is 16.4 Å². The fourth-order valence-electron chi connectivity index (χ4n) is 1.34. The molecule has 0 aromatic heterocycles. The standard InChI is InChI=1S/C10H11F3N2O5S/c1-2-20-9-4-3-7(5-8(9)15(16)17)21(18,19)14-6-10(11,12)13/h3-5,14H,2,6H2,1H3. The SMILES string of the molecule is CCOc1ccc(S(=O)(=O)NCC(F)(F)F)cc1[N+](=O)[O-]. The zero-order valence-corrected chi connectivity index (χ0v) is 11.5. The Kier molecular flexibility index (Phi) is 5.12. The van der Waals surface area contributed by atoms with E-state index in [4.69, 9.17) is 4.74 Å². The zero-order valence-electron chi connectivity index (χ0n) is 10.7. The van der Waals surface area contributed by atoms with Crippen LogP contribution in [0.15, 0.2) is 23.1 Å². The van der Waals surface area contributed by atoms with E-state index in [0.29, 0.717) is 6.07 Å². The number of hydrogen-bond donors (Lipinski definition) is 1. The topological polar surface area (TPSA) is 98.5 Å². The summed E-state index contributed by atoms with van der Waals surface area (Å²) < 4.78 is 65.6. The molecule has 0 aliphatic carbocycles. The van der Waals surface area contributed by atoms with Gasteiger partial charge in [-0.15, -0.1) is 0 Å². The summed E-state index contributed by atoms with van der Waals surface area (Å²) in [6.45, 7) is -0.0884. The van der Waals surface area contributed by atoms with E-state index < -0.39 is 38.3 Å². The van der Waals surface area contributed by atoms with Gasteiger partial charge in [0.15, 0.2) is 5.75 Å². The van der Waals surface area contributed by atoms with Gasteiger partial charge in [-0.1, -0.05) is 0 Å². The van der Waals surface area contributed by atoms with Gasteiger partial charge in [0.1, 0.15) is 6.54 Å². The molecule has 118 valence electrons. The number of halogens is 3. The molecule has 0 fully saturated rings. The van der Waals surface area contributed by atoms with Gasteiger partial charge in [-0.25, -0.2) is 13.1 Å². The van der Waals surface area contributed by atoms with Crippen molar-refractivity contribution in [2.75, 3.05) is 13.2 Å². The quantitative estimate of drug-likeness (QED) is 0.634. The number of sulfonamides is 1. The Hall–Kier alpha value is -1.88. The van der Waals surface area contributed by atoms with Gasteiger partial charge in [-0.2, -0.15) is 13.2 Å². The van der Waals surface area contributed by atoms with Crippen LogP contribution in [0.2, 0.25) is 0 Å². The largest absolute Gasteiger partial charge is 0.487 e. The molecule has 1 aromatic rings. The van der Waals surface area contributed by atoms with Crippen LogP contribution in [0.3, 0.4) is 0 Å². The molecule has 0 spiro atoms. The number of benzene rings is 1. The highest BCUT2D eigenvalue weighted by molar-refractivity contribution is 7.89. The minimum Gasteiger partial charge on any atom is -0.487 e. The van der Waals surface area contributed by atoms with Crippen LogP contribution in [0.25, 0.3) is 0 Å². The van der Waals surface area contributed by atoms with Crippen molar-refractivity contribution in [3.8, 4) is 5.75 Å². The monoisotopic (exact) mass is 328 g/mol. The minimum atomic E-state index is -4.73. The number of nitro groups is 1. The van der Waals surface area contributed by atoms with E-state index in [1.165, 1.54) is 4.72 Å². The smallest absolute Gasteiger partial charge is 0.402 e. The first kappa shape index (κ1) is 17.2. The zero-order chi connectivity index (χ0) is 16.3. The van der Waals surface area contributed by atoms with Crippen LogP contribution in [0.1, 0.15) is 6.92 Å². The molecule has 11 heteroatoms. The summed E-state index contributed by atoms with van der Waals surface area (Å²) in [4.78, 5) is 9.29.